The first kappa shape index (κ1) is 24.2. The number of hydrogen-bond acceptors (Lipinski definition) is 4. The van der Waals surface area contributed by atoms with Gasteiger partial charge in [0.2, 0.25) is 0 Å². The third-order valence-electron chi connectivity index (χ3n) is 6.34. The van der Waals surface area contributed by atoms with Crippen LogP contribution in [0.4, 0.5) is 17.6 Å². The zero-order valence-electron chi connectivity index (χ0n) is 18.0. The van der Waals surface area contributed by atoms with Crippen LogP contribution >= 0.6 is 22.6 Å². The second-order valence-electron chi connectivity index (χ2n) is 8.54. The van der Waals surface area contributed by atoms with Gasteiger partial charge in [0.15, 0.2) is 0 Å². The second kappa shape index (κ2) is 9.38. The SMILES string of the molecule is CN1CCC2(CC1)C(I)C(=O)N(Cc1ccc(OC(F)(F)F)cc1)N2Cc1ccc(F)cc1. The third kappa shape index (κ3) is 5.27. The first-order chi connectivity index (χ1) is 15.6. The van der Waals surface area contributed by atoms with Gasteiger partial charge in [-0.2, -0.15) is 0 Å². The summed E-state index contributed by atoms with van der Waals surface area (Å²) in [7, 11) is 2.05. The lowest BCUT2D eigenvalue weighted by Gasteiger charge is -2.46. The maximum Gasteiger partial charge on any atom is 0.573 e. The first-order valence-corrected chi connectivity index (χ1v) is 11.8. The van der Waals surface area contributed by atoms with Gasteiger partial charge in [-0.15, -0.1) is 13.2 Å². The van der Waals surface area contributed by atoms with Gasteiger partial charge in [-0.25, -0.2) is 9.40 Å². The van der Waals surface area contributed by atoms with E-state index >= 15 is 0 Å². The number of alkyl halides is 4. The molecule has 0 aliphatic carbocycles. The van der Waals surface area contributed by atoms with Crippen LogP contribution in [-0.4, -0.2) is 56.8 Å². The Bertz CT molecular complexity index is 977. The summed E-state index contributed by atoms with van der Waals surface area (Å²) < 4.78 is 54.5. The highest BCUT2D eigenvalue weighted by molar-refractivity contribution is 14.1. The van der Waals surface area contributed by atoms with Crippen molar-refractivity contribution in [3.63, 3.8) is 0 Å². The topological polar surface area (TPSA) is 36.0 Å². The highest BCUT2D eigenvalue weighted by atomic mass is 127. The van der Waals surface area contributed by atoms with E-state index < -0.39 is 6.36 Å². The van der Waals surface area contributed by atoms with Gasteiger partial charge in [0.05, 0.1) is 12.1 Å². The summed E-state index contributed by atoms with van der Waals surface area (Å²) >= 11 is 2.22. The number of hydrazine groups is 1. The highest BCUT2D eigenvalue weighted by Gasteiger charge is 2.57. The fourth-order valence-electron chi connectivity index (χ4n) is 4.51. The normalized spacial score (nSPS) is 21.7. The number of rotatable bonds is 5. The van der Waals surface area contributed by atoms with E-state index in [-0.39, 0.29) is 33.5 Å². The molecule has 0 N–H and O–H groups in total. The lowest BCUT2D eigenvalue weighted by molar-refractivity contribution is -0.274. The number of likely N-dealkylation sites (tertiary alicyclic amines) is 1. The number of piperidine rings is 1. The number of hydrogen-bond donors (Lipinski definition) is 0. The Balaban J connectivity index is 1.61. The molecule has 5 nitrogen and oxygen atoms in total. The Hall–Kier alpha value is -1.92. The van der Waals surface area contributed by atoms with Gasteiger partial charge in [-0.3, -0.25) is 9.80 Å². The molecule has 33 heavy (non-hydrogen) atoms. The summed E-state index contributed by atoms with van der Waals surface area (Å²) in [6.45, 7) is 2.36. The predicted octanol–water partition coefficient (Wildman–Crippen LogP) is 4.75. The van der Waals surface area contributed by atoms with Gasteiger partial charge in [0.1, 0.15) is 15.5 Å². The molecule has 4 rings (SSSR count). The molecule has 0 bridgehead atoms. The number of carbonyl (C=O) groups excluding carboxylic acids is 1. The van der Waals surface area contributed by atoms with Gasteiger partial charge >= 0.3 is 6.36 Å². The molecule has 0 aromatic heterocycles. The molecule has 2 aliphatic rings. The van der Waals surface area contributed by atoms with E-state index in [0.717, 1.165) is 31.5 Å². The summed E-state index contributed by atoms with van der Waals surface area (Å²) in [6.07, 6.45) is -3.15. The molecule has 2 aromatic carbocycles. The molecule has 1 atom stereocenters. The van der Waals surface area contributed by atoms with Crippen molar-refractivity contribution in [1.82, 2.24) is 14.9 Å². The van der Waals surface area contributed by atoms with Crippen LogP contribution in [0.3, 0.4) is 0 Å². The van der Waals surface area contributed by atoms with Crippen LogP contribution in [0.2, 0.25) is 0 Å². The third-order valence-corrected chi connectivity index (χ3v) is 8.03. The van der Waals surface area contributed by atoms with Gasteiger partial charge in [-0.1, -0.05) is 46.9 Å². The van der Waals surface area contributed by atoms with Crippen molar-refractivity contribution < 1.29 is 27.1 Å². The number of nitrogens with zero attached hydrogens (tertiary/aromatic N) is 3. The molecule has 1 unspecified atom stereocenters. The Morgan fingerprint density at radius 2 is 1.55 bits per heavy atom. The lowest BCUT2D eigenvalue weighted by atomic mass is 9.84. The van der Waals surface area contributed by atoms with Crippen LogP contribution in [-0.2, 0) is 17.9 Å². The number of halogens is 5. The van der Waals surface area contributed by atoms with E-state index in [4.69, 9.17) is 0 Å². The minimum Gasteiger partial charge on any atom is -0.406 e. The second-order valence-corrected chi connectivity index (χ2v) is 9.79. The van der Waals surface area contributed by atoms with Crippen molar-refractivity contribution in [3.05, 3.63) is 65.5 Å². The van der Waals surface area contributed by atoms with Crippen LogP contribution in [0, 0.1) is 5.82 Å². The van der Waals surface area contributed by atoms with Crippen molar-refractivity contribution >= 4 is 28.5 Å². The van der Waals surface area contributed by atoms with E-state index in [1.165, 1.54) is 36.4 Å². The fourth-order valence-corrected chi connectivity index (χ4v) is 5.77. The number of carbonyl (C=O) groups is 1. The zero-order valence-corrected chi connectivity index (χ0v) is 20.1. The molecular weight excluding hydrogens is 553 g/mol. The maximum atomic E-state index is 13.4. The van der Waals surface area contributed by atoms with Crippen molar-refractivity contribution in [3.8, 4) is 5.75 Å². The molecule has 0 saturated carbocycles. The van der Waals surface area contributed by atoms with Gasteiger partial charge < -0.3 is 9.64 Å². The smallest absolute Gasteiger partial charge is 0.406 e. The summed E-state index contributed by atoms with van der Waals surface area (Å²) in [5, 5.41) is 3.79. The molecular formula is C23H24F4IN3O2. The van der Waals surface area contributed by atoms with Gasteiger partial charge in [0, 0.05) is 6.54 Å². The van der Waals surface area contributed by atoms with Crippen LogP contribution < -0.4 is 4.74 Å². The number of benzene rings is 2. The molecule has 2 aliphatic heterocycles. The minimum atomic E-state index is -4.76. The van der Waals surface area contributed by atoms with Crippen LogP contribution in [0.25, 0.3) is 0 Å². The average Bonchev–Trinajstić information content (AvgIpc) is 2.94. The molecule has 178 valence electrons. The average molecular weight is 577 g/mol. The standard InChI is InChI=1S/C23H24F4IN3O2/c1-29-12-10-22(11-13-29)20(28)21(32)30(31(22)15-17-2-6-18(24)7-3-17)14-16-4-8-19(9-5-16)33-23(25,26)27/h2-9,20H,10-15H2,1H3. The van der Waals surface area contributed by atoms with Gasteiger partial charge in [0.25, 0.3) is 5.91 Å². The van der Waals surface area contributed by atoms with E-state index in [9.17, 15) is 22.4 Å². The first-order valence-electron chi connectivity index (χ1n) is 10.6. The molecule has 2 fully saturated rings. The van der Waals surface area contributed by atoms with Crippen molar-refractivity contribution in [1.29, 1.82) is 0 Å². The number of amides is 1. The Morgan fingerprint density at radius 1 is 1.00 bits per heavy atom. The summed E-state index contributed by atoms with van der Waals surface area (Å²) in [4.78, 5) is 15.6. The van der Waals surface area contributed by atoms with Crippen molar-refractivity contribution in [2.75, 3.05) is 20.1 Å². The van der Waals surface area contributed by atoms with E-state index in [1.54, 1.807) is 17.1 Å². The Labute approximate surface area is 203 Å². The van der Waals surface area contributed by atoms with Crippen LogP contribution in [0.15, 0.2) is 48.5 Å². The Kier molecular flexibility index (Phi) is 6.88. The zero-order chi connectivity index (χ0) is 23.8. The number of ether oxygens (including phenoxy) is 1. The van der Waals surface area contributed by atoms with Gasteiger partial charge in [-0.05, 0) is 68.4 Å². The molecule has 10 heteroatoms. The maximum absolute atomic E-state index is 13.4. The summed E-state index contributed by atoms with van der Waals surface area (Å²) in [5.74, 6) is -0.659. The van der Waals surface area contributed by atoms with E-state index in [2.05, 4.69) is 44.3 Å². The van der Waals surface area contributed by atoms with Crippen LogP contribution in [0.5, 0.6) is 5.75 Å². The summed E-state index contributed by atoms with van der Waals surface area (Å²) in [6, 6.07) is 11.8. The molecule has 1 spiro atoms. The van der Waals surface area contributed by atoms with Crippen molar-refractivity contribution in [2.24, 2.45) is 0 Å². The van der Waals surface area contributed by atoms with Crippen molar-refractivity contribution in [2.45, 2.75) is 41.8 Å². The minimum absolute atomic E-state index is 0.0297. The van der Waals surface area contributed by atoms with Crippen LogP contribution in [0.1, 0.15) is 24.0 Å². The monoisotopic (exact) mass is 577 g/mol. The molecule has 0 radical (unpaired) electrons. The summed E-state index contributed by atoms with van der Waals surface area (Å²) in [5.41, 5.74) is 1.19. The molecule has 2 saturated heterocycles. The largest absolute Gasteiger partial charge is 0.573 e. The molecule has 1 amide bonds. The predicted molar refractivity (Wildman–Crippen MR) is 123 cm³/mol. The Morgan fingerprint density at radius 3 is 2.12 bits per heavy atom. The van der Waals surface area contributed by atoms with E-state index in [1.807, 2.05) is 0 Å². The van der Waals surface area contributed by atoms with E-state index in [0.29, 0.717) is 12.1 Å². The highest BCUT2D eigenvalue weighted by Crippen LogP contribution is 2.44. The lowest BCUT2D eigenvalue weighted by Crippen LogP contribution is -2.57. The quantitative estimate of drug-likeness (QED) is 0.292. The molecule has 2 heterocycles. The molecule has 2 aromatic rings. The fraction of sp³-hybridized carbons (Fsp3) is 0.435.